The predicted molar refractivity (Wildman–Crippen MR) is 146 cm³/mol. The van der Waals surface area contributed by atoms with E-state index in [0.29, 0.717) is 62.9 Å². The highest BCUT2D eigenvalue weighted by Crippen LogP contribution is 2.41. The van der Waals surface area contributed by atoms with Gasteiger partial charge in [-0.2, -0.15) is 0 Å². The van der Waals surface area contributed by atoms with Gasteiger partial charge in [0, 0.05) is 51.0 Å². The number of piperazine rings is 1. The number of aromatic nitrogens is 1. The number of hydrogen-bond acceptors (Lipinski definition) is 5. The van der Waals surface area contributed by atoms with Gasteiger partial charge in [-0.3, -0.25) is 14.5 Å². The molecule has 1 aromatic carbocycles. The zero-order valence-corrected chi connectivity index (χ0v) is 22.4. The Labute approximate surface area is 223 Å². The van der Waals surface area contributed by atoms with E-state index in [4.69, 9.17) is 4.98 Å². The lowest BCUT2D eigenvalue weighted by molar-refractivity contribution is -0.120. The van der Waals surface area contributed by atoms with E-state index in [1.807, 2.05) is 37.1 Å². The molecule has 4 fully saturated rings. The number of pyridine rings is 1. The SMILES string of the molecule is Cc1cc(C2CC2)cnc1N1CCN(C(=O)c2ccc(C3CC(C)(C)NC3=O)cc2N2CCNC2=O)CC1. The number of anilines is 2. The average Bonchev–Trinajstić information content (AvgIpc) is 3.60. The second-order valence-corrected chi connectivity index (χ2v) is 11.8. The molecule has 4 aliphatic rings. The van der Waals surface area contributed by atoms with Gasteiger partial charge in [0.2, 0.25) is 5.91 Å². The van der Waals surface area contributed by atoms with Gasteiger partial charge in [0.25, 0.3) is 5.91 Å². The van der Waals surface area contributed by atoms with Crippen molar-refractivity contribution < 1.29 is 14.4 Å². The lowest BCUT2D eigenvalue weighted by Crippen LogP contribution is -2.49. The van der Waals surface area contributed by atoms with Crippen molar-refractivity contribution in [3.8, 4) is 0 Å². The van der Waals surface area contributed by atoms with Crippen LogP contribution in [0.2, 0.25) is 0 Å². The lowest BCUT2D eigenvalue weighted by Gasteiger charge is -2.36. The Morgan fingerprint density at radius 3 is 2.39 bits per heavy atom. The van der Waals surface area contributed by atoms with Crippen LogP contribution in [-0.2, 0) is 4.79 Å². The summed E-state index contributed by atoms with van der Waals surface area (Å²) < 4.78 is 0. The minimum absolute atomic E-state index is 0.0175. The fraction of sp³-hybridized carbons (Fsp3) is 0.517. The number of benzene rings is 1. The highest BCUT2D eigenvalue weighted by Gasteiger charge is 2.39. The molecule has 0 radical (unpaired) electrons. The Kier molecular flexibility index (Phi) is 6.04. The molecule has 3 aliphatic heterocycles. The van der Waals surface area contributed by atoms with Crippen LogP contribution >= 0.6 is 0 Å². The monoisotopic (exact) mass is 516 g/mol. The third-order valence-corrected chi connectivity index (χ3v) is 8.28. The third-order valence-electron chi connectivity index (χ3n) is 8.28. The molecule has 2 N–H and O–H groups in total. The van der Waals surface area contributed by atoms with Crippen molar-refractivity contribution >= 4 is 29.4 Å². The van der Waals surface area contributed by atoms with Crippen LogP contribution in [0, 0.1) is 6.92 Å². The summed E-state index contributed by atoms with van der Waals surface area (Å²) in [6.45, 7) is 9.72. The molecule has 0 bridgehead atoms. The Hall–Kier alpha value is -3.62. The Bertz CT molecular complexity index is 1300. The van der Waals surface area contributed by atoms with Gasteiger partial charge in [0.05, 0.1) is 17.2 Å². The fourth-order valence-corrected chi connectivity index (χ4v) is 6.07. The van der Waals surface area contributed by atoms with Gasteiger partial charge in [0.1, 0.15) is 5.82 Å². The first kappa shape index (κ1) is 24.7. The van der Waals surface area contributed by atoms with E-state index >= 15 is 0 Å². The normalized spacial score (nSPS) is 23.0. The Balaban J connectivity index is 1.21. The summed E-state index contributed by atoms with van der Waals surface area (Å²) >= 11 is 0. The van der Waals surface area contributed by atoms with Crippen molar-refractivity contribution in [2.45, 2.75) is 57.4 Å². The highest BCUT2D eigenvalue weighted by atomic mass is 16.2. The Morgan fingerprint density at radius 1 is 1.03 bits per heavy atom. The largest absolute Gasteiger partial charge is 0.353 e. The van der Waals surface area contributed by atoms with Crippen LogP contribution in [0.5, 0.6) is 0 Å². The smallest absolute Gasteiger partial charge is 0.322 e. The second kappa shape index (κ2) is 9.29. The first-order valence-corrected chi connectivity index (χ1v) is 13.7. The molecule has 3 saturated heterocycles. The molecule has 0 spiro atoms. The highest BCUT2D eigenvalue weighted by molar-refractivity contribution is 6.05. The van der Waals surface area contributed by atoms with E-state index in [1.165, 1.54) is 24.0 Å². The quantitative estimate of drug-likeness (QED) is 0.636. The van der Waals surface area contributed by atoms with Crippen molar-refractivity contribution in [3.63, 3.8) is 0 Å². The maximum atomic E-state index is 13.8. The summed E-state index contributed by atoms with van der Waals surface area (Å²) in [5.74, 6) is 1.27. The summed E-state index contributed by atoms with van der Waals surface area (Å²) in [5, 5.41) is 5.88. The van der Waals surface area contributed by atoms with Gasteiger partial charge in [-0.05, 0) is 74.8 Å². The second-order valence-electron chi connectivity index (χ2n) is 11.8. The summed E-state index contributed by atoms with van der Waals surface area (Å²) in [7, 11) is 0. The van der Waals surface area contributed by atoms with E-state index in [0.717, 1.165) is 11.4 Å². The topological polar surface area (TPSA) is 97.9 Å². The average molecular weight is 517 g/mol. The molecule has 1 unspecified atom stereocenters. The third kappa shape index (κ3) is 4.59. The molecule has 9 nitrogen and oxygen atoms in total. The van der Waals surface area contributed by atoms with Crippen LogP contribution in [0.1, 0.15) is 72.0 Å². The molecule has 1 aromatic heterocycles. The number of amides is 4. The maximum Gasteiger partial charge on any atom is 0.322 e. The van der Waals surface area contributed by atoms with Gasteiger partial charge in [-0.1, -0.05) is 12.1 Å². The van der Waals surface area contributed by atoms with Crippen LogP contribution in [0.25, 0.3) is 0 Å². The molecule has 1 aliphatic carbocycles. The van der Waals surface area contributed by atoms with Crippen molar-refractivity contribution in [3.05, 3.63) is 52.7 Å². The molecule has 9 heteroatoms. The maximum absolute atomic E-state index is 13.8. The number of carbonyl (C=O) groups excluding carboxylic acids is 3. The number of urea groups is 1. The number of rotatable bonds is 5. The van der Waals surface area contributed by atoms with Gasteiger partial charge in [-0.15, -0.1) is 0 Å². The van der Waals surface area contributed by atoms with Crippen molar-refractivity contribution in [2.75, 3.05) is 49.1 Å². The molecule has 2 aromatic rings. The molecule has 1 saturated carbocycles. The molecule has 38 heavy (non-hydrogen) atoms. The lowest BCUT2D eigenvalue weighted by atomic mass is 9.90. The van der Waals surface area contributed by atoms with Gasteiger partial charge in [0.15, 0.2) is 0 Å². The van der Waals surface area contributed by atoms with Crippen LogP contribution in [0.15, 0.2) is 30.5 Å². The summed E-state index contributed by atoms with van der Waals surface area (Å²) in [6.07, 6.45) is 5.20. The van der Waals surface area contributed by atoms with Crippen LogP contribution in [0.4, 0.5) is 16.3 Å². The number of carbonyl (C=O) groups is 3. The molecule has 4 heterocycles. The summed E-state index contributed by atoms with van der Waals surface area (Å²) in [6, 6.07) is 7.59. The van der Waals surface area contributed by atoms with Crippen LogP contribution in [0.3, 0.4) is 0 Å². The zero-order valence-electron chi connectivity index (χ0n) is 22.4. The summed E-state index contributed by atoms with van der Waals surface area (Å²) in [5.41, 5.74) is 4.15. The van der Waals surface area contributed by atoms with Gasteiger partial charge >= 0.3 is 6.03 Å². The first-order chi connectivity index (χ1) is 18.2. The summed E-state index contributed by atoms with van der Waals surface area (Å²) in [4.78, 5) is 49.6. The standard InChI is InChI=1S/C29H36N6O3/c1-18-14-21(19-4-5-19)17-31-25(18)33-10-12-34(13-11-33)27(37)22-7-6-20(23-16-29(2,3)32-26(23)36)15-24(22)35-9-8-30-28(35)38/h6-7,14-15,17,19,23H,4-5,8-13,16H2,1-3H3,(H,30,38)(H,32,36). The van der Waals surface area contributed by atoms with Crippen molar-refractivity contribution in [1.82, 2.24) is 20.5 Å². The van der Waals surface area contributed by atoms with E-state index in [1.54, 1.807) is 11.0 Å². The first-order valence-electron chi connectivity index (χ1n) is 13.7. The number of nitrogens with zero attached hydrogens (tertiary/aromatic N) is 4. The molecule has 200 valence electrons. The minimum atomic E-state index is -0.302. The van der Waals surface area contributed by atoms with E-state index in [9.17, 15) is 14.4 Å². The van der Waals surface area contributed by atoms with E-state index in [-0.39, 0.29) is 29.3 Å². The molecular weight excluding hydrogens is 480 g/mol. The molecule has 6 rings (SSSR count). The van der Waals surface area contributed by atoms with Crippen molar-refractivity contribution in [1.29, 1.82) is 0 Å². The van der Waals surface area contributed by atoms with E-state index < -0.39 is 0 Å². The molecule has 4 amide bonds. The van der Waals surface area contributed by atoms with Crippen LogP contribution < -0.4 is 20.4 Å². The fourth-order valence-electron chi connectivity index (χ4n) is 6.07. The van der Waals surface area contributed by atoms with Gasteiger partial charge < -0.3 is 20.4 Å². The number of hydrogen-bond donors (Lipinski definition) is 2. The number of aryl methyl sites for hydroxylation is 1. The molecule has 1 atom stereocenters. The van der Waals surface area contributed by atoms with Crippen molar-refractivity contribution in [2.24, 2.45) is 0 Å². The van der Waals surface area contributed by atoms with Gasteiger partial charge in [-0.25, -0.2) is 9.78 Å². The predicted octanol–water partition coefficient (Wildman–Crippen LogP) is 3.14. The molecular formula is C29H36N6O3. The number of nitrogens with one attached hydrogen (secondary N) is 2. The van der Waals surface area contributed by atoms with E-state index in [2.05, 4.69) is 28.5 Å². The zero-order chi connectivity index (χ0) is 26.6. The minimum Gasteiger partial charge on any atom is -0.353 e. The van der Waals surface area contributed by atoms with Crippen LogP contribution in [-0.4, -0.2) is 72.5 Å². The Morgan fingerprint density at radius 2 is 1.79 bits per heavy atom.